The van der Waals surface area contributed by atoms with Crippen LogP contribution in [-0.4, -0.2) is 184 Å². The smallest absolute Gasteiger partial charge is 0.327 e. The number of aliphatic carboxylic acids is 1. The summed E-state index contributed by atoms with van der Waals surface area (Å²) in [6.45, 7) is 4.23. The van der Waals surface area contributed by atoms with Crippen molar-refractivity contribution in [2.45, 2.75) is 165 Å². The van der Waals surface area contributed by atoms with E-state index >= 15 is 14.4 Å². The second-order valence-electron chi connectivity index (χ2n) is 25.7. The minimum Gasteiger partial charge on any atom is -0.480 e. The Morgan fingerprint density at radius 3 is 2.02 bits per heavy atom. The van der Waals surface area contributed by atoms with Crippen LogP contribution in [0.25, 0.3) is 21.7 Å². The summed E-state index contributed by atoms with van der Waals surface area (Å²) >= 11 is 6.21. The van der Waals surface area contributed by atoms with Crippen LogP contribution in [-0.2, 0) is 81.6 Å². The van der Waals surface area contributed by atoms with Gasteiger partial charge in [0.15, 0.2) is 5.96 Å². The van der Waals surface area contributed by atoms with Crippen molar-refractivity contribution in [2.24, 2.45) is 34.0 Å². The first-order valence-electron chi connectivity index (χ1n) is 33.7. The van der Waals surface area contributed by atoms with Gasteiger partial charge in [-0.15, -0.1) is 0 Å². The number of hydrogen-bond acceptors (Lipinski definition) is 16. The molecule has 102 heavy (non-hydrogen) atoms. The van der Waals surface area contributed by atoms with Crippen molar-refractivity contribution >= 4 is 116 Å². The van der Waals surface area contributed by atoms with Gasteiger partial charge in [-0.05, 0) is 103 Å². The van der Waals surface area contributed by atoms with Crippen molar-refractivity contribution in [3.05, 3.63) is 119 Å². The van der Waals surface area contributed by atoms with Gasteiger partial charge in [-0.1, -0.05) is 98.2 Å². The van der Waals surface area contributed by atoms with Gasteiger partial charge >= 0.3 is 5.97 Å². The number of nitrogens with zero attached hydrogens (tertiary/aromatic N) is 2. The Bertz CT molecular complexity index is 3880. The van der Waals surface area contributed by atoms with Crippen LogP contribution in [0.5, 0.6) is 0 Å². The van der Waals surface area contributed by atoms with E-state index in [2.05, 4.69) is 63.1 Å². The average Bonchev–Trinajstić information content (AvgIpc) is 1.79. The number of nitrogens with one attached hydrogen (secondary N) is 12. The zero-order valence-electron chi connectivity index (χ0n) is 56.9. The number of H-pyrrole nitrogens is 1. The first-order chi connectivity index (χ1) is 48.7. The van der Waals surface area contributed by atoms with E-state index in [1.807, 2.05) is 29.7 Å². The second-order valence-corrected chi connectivity index (χ2v) is 26.1. The van der Waals surface area contributed by atoms with Crippen LogP contribution < -0.4 is 81.6 Å². The number of hydrogen-bond donors (Lipinski definition) is 17. The number of fused-ring (bicyclic) bond motifs is 2. The number of guanidine groups is 1. The molecule has 21 N–H and O–H groups in total. The van der Waals surface area contributed by atoms with Crippen LogP contribution in [0.1, 0.15) is 102 Å². The number of para-hydroxylation sites is 1. The van der Waals surface area contributed by atoms with Crippen molar-refractivity contribution in [1.82, 2.24) is 68.5 Å². The number of carbonyl (C=O) groups excluding carboxylic acids is 12. The molecule has 32 nitrogen and oxygen atoms in total. The zero-order chi connectivity index (χ0) is 74.2. The van der Waals surface area contributed by atoms with Gasteiger partial charge in [0, 0.05) is 80.9 Å². The third-order valence-corrected chi connectivity index (χ3v) is 17.6. The standard InChI is InChI=1S/C69H91ClN18O14/c1-37(2)29-50(61(94)80-49(16-9-27-76-69(72)73)67(100)88-28-10-17-56(88)66(99)86-55(35-71)68(101)102)81-63(96)52(32-40-18-21-41-11-4-5-12-42(41)30-40)83-59(92)47-15-8-26-75-57(90)25-24-48(78-38(3)89)60(93)82-51(31-39-19-22-44(70)23-20-39)62(95)84-53(33-43-36-77-46-14-7-6-13-45(43)46)64(97)85-54(65(98)79-47)34-58(91)87-74/h4-7,11-14,18-23,30,36-37,47-56,77H,8-10,15-17,24-29,31-35,71,74H2,1-3H3,(H,75,90)(H,78,89)(H,79,98)(H,80,94)(H,81,96)(H,82,93)(H,83,92)(H,84,95)(H,85,97)(H,86,99)(H,87,91)(H,101,102)(H4,72,73,76)/t47-,48-,49-,50-,51+,52+,53+,54-,55-,56-/m0/s1. The van der Waals surface area contributed by atoms with Gasteiger partial charge in [0.2, 0.25) is 70.9 Å². The van der Waals surface area contributed by atoms with E-state index in [1.54, 1.807) is 86.8 Å². The first-order valence-corrected chi connectivity index (χ1v) is 34.1. The molecule has 3 heterocycles. The minimum atomic E-state index is -1.85. The maximum atomic E-state index is 15.3. The largest absolute Gasteiger partial charge is 0.480 e. The molecule has 10 atom stereocenters. The summed E-state index contributed by atoms with van der Waals surface area (Å²) in [5.74, 6) is -6.62. The van der Waals surface area contributed by atoms with Crippen molar-refractivity contribution in [3.63, 3.8) is 0 Å². The fourth-order valence-corrected chi connectivity index (χ4v) is 12.2. The Labute approximate surface area is 593 Å². The number of hydrazine groups is 1. The minimum absolute atomic E-state index is 0.0289. The molecule has 5 aromatic rings. The average molecular weight is 1430 g/mol. The molecule has 0 bridgehead atoms. The van der Waals surface area contributed by atoms with Gasteiger partial charge in [-0.2, -0.15) is 0 Å². The number of nitrogens with two attached hydrogens (primary N) is 4. The van der Waals surface area contributed by atoms with Crippen LogP contribution in [0.4, 0.5) is 0 Å². The fraction of sp³-hybridized carbons (Fsp3) is 0.449. The molecule has 2 fully saturated rings. The normalized spacial score (nSPS) is 20.0. The zero-order valence-corrected chi connectivity index (χ0v) is 57.7. The van der Waals surface area contributed by atoms with Gasteiger partial charge in [-0.25, -0.2) is 10.6 Å². The maximum absolute atomic E-state index is 15.3. The molecule has 0 saturated carbocycles. The predicted molar refractivity (Wildman–Crippen MR) is 377 cm³/mol. The highest BCUT2D eigenvalue weighted by Crippen LogP contribution is 2.24. The van der Waals surface area contributed by atoms with Crippen molar-refractivity contribution in [1.29, 1.82) is 0 Å². The van der Waals surface area contributed by atoms with Gasteiger partial charge in [0.25, 0.3) is 0 Å². The molecule has 1 aromatic heterocycles. The molecule has 2 saturated heterocycles. The third-order valence-electron chi connectivity index (χ3n) is 17.4. The lowest BCUT2D eigenvalue weighted by molar-refractivity contribution is -0.145. The van der Waals surface area contributed by atoms with Crippen LogP contribution in [0, 0.1) is 5.92 Å². The Morgan fingerprint density at radius 1 is 0.696 bits per heavy atom. The highest BCUT2D eigenvalue weighted by atomic mass is 35.5. The highest BCUT2D eigenvalue weighted by molar-refractivity contribution is 6.30. The monoisotopic (exact) mass is 1430 g/mol. The molecular formula is C69H91ClN18O14. The highest BCUT2D eigenvalue weighted by Gasteiger charge is 2.41. The lowest BCUT2D eigenvalue weighted by Crippen LogP contribution is -2.61. The number of aliphatic imine (C=N–C) groups is 1. The van der Waals surface area contributed by atoms with Gasteiger partial charge < -0.3 is 85.4 Å². The number of benzene rings is 4. The van der Waals surface area contributed by atoms with Crippen LogP contribution in [0.15, 0.2) is 102 Å². The molecule has 7 rings (SSSR count). The van der Waals surface area contributed by atoms with E-state index in [0.29, 0.717) is 39.0 Å². The molecule has 2 aliphatic rings. The maximum Gasteiger partial charge on any atom is 0.327 e. The summed E-state index contributed by atoms with van der Waals surface area (Å²) in [7, 11) is 0. The van der Waals surface area contributed by atoms with Crippen LogP contribution in [0.2, 0.25) is 5.02 Å². The van der Waals surface area contributed by atoms with Crippen LogP contribution >= 0.6 is 11.6 Å². The van der Waals surface area contributed by atoms with Crippen LogP contribution in [0.3, 0.4) is 0 Å². The van der Waals surface area contributed by atoms with Gasteiger partial charge in [-0.3, -0.25) is 68.0 Å². The Morgan fingerprint density at radius 2 is 1.33 bits per heavy atom. The molecular weight excluding hydrogens is 1340 g/mol. The number of aromatic amines is 1. The van der Waals surface area contributed by atoms with E-state index in [0.717, 1.165) is 10.8 Å². The number of likely N-dealkylation sites (tertiary alicyclic amines) is 1. The molecule has 2 aliphatic heterocycles. The van der Waals surface area contributed by atoms with Gasteiger partial charge in [0.05, 0.1) is 6.42 Å². The molecule has 12 amide bonds. The number of carboxylic acid groups (broad SMARTS) is 1. The number of rotatable bonds is 26. The SMILES string of the molecule is CC(=O)N[C@H]1CCC(=O)NCCC[C@@H](C(=O)N[C@H](Cc2ccc3ccccc3c2)C(=O)N[C@@H](CC(C)C)C(=O)N[C@@H](CCCN=C(N)N)C(=O)N2CCC[C@H]2C(=O)N[C@@H](CN)C(=O)O)NC(=O)[C@H](CC(=O)NN)NC(=O)[C@@H](Cc2c[nH]c3ccccc23)NC(=O)[C@@H](Cc2ccc(Cl)cc2)NC1=O. The summed E-state index contributed by atoms with van der Waals surface area (Å²) in [5.41, 5.74) is 21.0. The van der Waals surface area contributed by atoms with E-state index in [9.17, 15) is 53.1 Å². The Balaban J connectivity index is 1.23. The third kappa shape index (κ3) is 23.4. The molecule has 4 aromatic carbocycles. The summed E-state index contributed by atoms with van der Waals surface area (Å²) in [6.07, 6.45) is -0.274. The first kappa shape index (κ1) is 78.6. The fourth-order valence-electron chi connectivity index (χ4n) is 12.1. The van der Waals surface area contributed by atoms with E-state index in [1.165, 1.54) is 11.8 Å². The number of carbonyl (C=O) groups is 13. The number of halogens is 1. The van der Waals surface area contributed by atoms with E-state index in [-0.39, 0.29) is 102 Å². The van der Waals surface area contributed by atoms with Gasteiger partial charge in [0.1, 0.15) is 60.4 Å². The summed E-state index contributed by atoms with van der Waals surface area (Å²) < 4.78 is 0. The molecule has 0 aliphatic carbocycles. The number of aromatic nitrogens is 1. The molecule has 0 spiro atoms. The lowest BCUT2D eigenvalue weighted by Gasteiger charge is -2.31. The quantitative estimate of drug-likeness (QED) is 0.00755. The topological polar surface area (TPSA) is 510 Å². The van der Waals surface area contributed by atoms with E-state index in [4.69, 9.17) is 34.6 Å². The number of carboxylic acids is 1. The molecule has 0 radical (unpaired) electrons. The summed E-state index contributed by atoms with van der Waals surface area (Å²) in [6, 6.07) is 11.3. The predicted octanol–water partition coefficient (Wildman–Crippen LogP) is -1.41. The van der Waals surface area contributed by atoms with Crippen molar-refractivity contribution in [2.75, 3.05) is 26.2 Å². The number of amides is 12. The van der Waals surface area contributed by atoms with Crippen molar-refractivity contribution < 1.29 is 67.4 Å². The Kier molecular flexibility index (Phi) is 29.4. The lowest BCUT2D eigenvalue weighted by atomic mass is 9.98. The molecule has 0 unspecified atom stereocenters. The van der Waals surface area contributed by atoms with Crippen molar-refractivity contribution in [3.8, 4) is 0 Å². The second kappa shape index (κ2) is 38.2. The molecule has 33 heteroatoms. The Hall–Kier alpha value is -10.7. The molecule has 548 valence electrons. The summed E-state index contributed by atoms with van der Waals surface area (Å²) in [4.78, 5) is 192. The summed E-state index contributed by atoms with van der Waals surface area (Å²) in [5, 5.41) is 38.9. The van der Waals surface area contributed by atoms with E-state index < -0.39 is 150 Å².